The molecule has 27 heavy (non-hydrogen) atoms. The minimum absolute atomic E-state index is 0.0580. The van der Waals surface area contributed by atoms with Gasteiger partial charge in [-0.15, -0.1) is 0 Å². The van der Waals surface area contributed by atoms with E-state index in [-0.39, 0.29) is 11.9 Å². The van der Waals surface area contributed by atoms with Gasteiger partial charge >= 0.3 is 0 Å². The molecule has 0 aliphatic heterocycles. The number of nitrogens with one attached hydrogen (secondary N) is 1. The van der Waals surface area contributed by atoms with Crippen LogP contribution in [0.25, 0.3) is 16.9 Å². The van der Waals surface area contributed by atoms with E-state index in [0.717, 1.165) is 16.8 Å². The molecule has 4 nitrogen and oxygen atoms in total. The largest absolute Gasteiger partial charge is 0.348 e. The monoisotopic (exact) mass is 381 g/mol. The van der Waals surface area contributed by atoms with Crippen molar-refractivity contribution in [1.82, 2.24) is 15.1 Å². The van der Waals surface area contributed by atoms with E-state index in [1.807, 2.05) is 62.4 Å². The lowest BCUT2D eigenvalue weighted by atomic mass is 10.1. The Kier molecular flexibility index (Phi) is 5.66. The van der Waals surface area contributed by atoms with Crippen LogP contribution in [0.1, 0.15) is 36.8 Å². The van der Waals surface area contributed by atoms with E-state index >= 15 is 0 Å². The Morgan fingerprint density at radius 2 is 1.74 bits per heavy atom. The topological polar surface area (TPSA) is 46.9 Å². The summed E-state index contributed by atoms with van der Waals surface area (Å²) in [5, 5.41) is 8.35. The molecule has 1 atom stereocenters. The molecule has 0 saturated carbocycles. The molecule has 5 heteroatoms. The molecule has 1 heterocycles. The zero-order valence-corrected chi connectivity index (χ0v) is 16.8. The number of hydrogen-bond donors (Lipinski definition) is 1. The Morgan fingerprint density at radius 1 is 1.07 bits per heavy atom. The molecule has 0 aliphatic rings. The van der Waals surface area contributed by atoms with E-state index < -0.39 is 0 Å². The van der Waals surface area contributed by atoms with Gasteiger partial charge in [0.15, 0.2) is 0 Å². The number of benzene rings is 2. The number of nitrogens with zero attached hydrogens (tertiary/aromatic N) is 2. The maximum Gasteiger partial charge on any atom is 0.270 e. The third kappa shape index (κ3) is 4.22. The van der Waals surface area contributed by atoms with E-state index in [9.17, 15) is 4.79 Å². The van der Waals surface area contributed by atoms with Crippen molar-refractivity contribution in [2.45, 2.75) is 33.7 Å². The highest BCUT2D eigenvalue weighted by molar-refractivity contribution is 6.33. The van der Waals surface area contributed by atoms with Gasteiger partial charge in [0.2, 0.25) is 0 Å². The normalized spacial score (nSPS) is 12.2. The van der Waals surface area contributed by atoms with Gasteiger partial charge in [-0.05, 0) is 44.0 Å². The lowest BCUT2D eigenvalue weighted by Crippen LogP contribution is -2.37. The van der Waals surface area contributed by atoms with Crippen LogP contribution < -0.4 is 5.32 Å². The summed E-state index contributed by atoms with van der Waals surface area (Å²) in [6.45, 7) is 8.19. The minimum Gasteiger partial charge on any atom is -0.348 e. The highest BCUT2D eigenvalue weighted by Crippen LogP contribution is 2.28. The van der Waals surface area contributed by atoms with Crippen LogP contribution in [0, 0.1) is 12.8 Å². The molecular formula is C22H24ClN3O. The van der Waals surface area contributed by atoms with Crippen LogP contribution in [0.15, 0.2) is 54.6 Å². The highest BCUT2D eigenvalue weighted by Gasteiger charge is 2.20. The number of halogens is 1. The van der Waals surface area contributed by atoms with E-state index in [1.54, 1.807) is 10.7 Å². The van der Waals surface area contributed by atoms with Crippen molar-refractivity contribution in [2.75, 3.05) is 0 Å². The zero-order chi connectivity index (χ0) is 19.6. The molecule has 0 radical (unpaired) electrons. The second-order valence-corrected chi connectivity index (χ2v) is 7.56. The molecule has 1 amide bonds. The van der Waals surface area contributed by atoms with Gasteiger partial charge in [0, 0.05) is 11.6 Å². The van der Waals surface area contributed by atoms with E-state index in [2.05, 4.69) is 24.3 Å². The number of rotatable bonds is 5. The Bertz CT molecular complexity index is 944. The van der Waals surface area contributed by atoms with Gasteiger partial charge in [0.1, 0.15) is 5.69 Å². The molecule has 1 aromatic heterocycles. The summed E-state index contributed by atoms with van der Waals surface area (Å²) in [5.41, 5.74) is 3.94. The molecule has 140 valence electrons. The second kappa shape index (κ2) is 7.97. The first-order valence-electron chi connectivity index (χ1n) is 9.09. The average molecular weight is 382 g/mol. The molecule has 1 N–H and O–H groups in total. The molecule has 3 aromatic rings. The van der Waals surface area contributed by atoms with Crippen molar-refractivity contribution in [1.29, 1.82) is 0 Å². The summed E-state index contributed by atoms with van der Waals surface area (Å²) in [6, 6.07) is 17.3. The Hall–Kier alpha value is -2.59. The van der Waals surface area contributed by atoms with Crippen molar-refractivity contribution in [3.05, 3.63) is 70.9 Å². The predicted molar refractivity (Wildman–Crippen MR) is 111 cm³/mol. The maximum atomic E-state index is 12.9. The van der Waals surface area contributed by atoms with Gasteiger partial charge in [-0.25, -0.2) is 4.68 Å². The van der Waals surface area contributed by atoms with Crippen LogP contribution >= 0.6 is 11.6 Å². The van der Waals surface area contributed by atoms with Gasteiger partial charge in [-0.3, -0.25) is 4.79 Å². The SMILES string of the molecule is Cc1ccc(-n2nc(-c3ccccc3Cl)cc2C(=O)N[C@@H](C)C(C)C)cc1. The smallest absolute Gasteiger partial charge is 0.270 e. The predicted octanol–water partition coefficient (Wildman–Crippen LogP) is 5.28. The molecule has 0 saturated heterocycles. The average Bonchev–Trinajstić information content (AvgIpc) is 3.07. The maximum absolute atomic E-state index is 12.9. The fourth-order valence-corrected chi connectivity index (χ4v) is 2.91. The zero-order valence-electron chi connectivity index (χ0n) is 16.0. The molecule has 0 spiro atoms. The molecule has 0 fully saturated rings. The van der Waals surface area contributed by atoms with Crippen molar-refractivity contribution in [2.24, 2.45) is 5.92 Å². The fraction of sp³-hybridized carbons (Fsp3) is 0.273. The summed E-state index contributed by atoms with van der Waals surface area (Å²) >= 11 is 6.34. The molecule has 0 aliphatic carbocycles. The van der Waals surface area contributed by atoms with Crippen LogP contribution in [-0.2, 0) is 0 Å². The summed E-state index contributed by atoms with van der Waals surface area (Å²) in [6.07, 6.45) is 0. The summed E-state index contributed by atoms with van der Waals surface area (Å²) in [4.78, 5) is 12.9. The van der Waals surface area contributed by atoms with Crippen LogP contribution in [0.2, 0.25) is 5.02 Å². The van der Waals surface area contributed by atoms with Crippen LogP contribution in [-0.4, -0.2) is 21.7 Å². The second-order valence-electron chi connectivity index (χ2n) is 7.15. The van der Waals surface area contributed by atoms with E-state index in [4.69, 9.17) is 11.6 Å². The Labute approximate surface area is 165 Å². The van der Waals surface area contributed by atoms with Gasteiger partial charge in [0.25, 0.3) is 5.91 Å². The summed E-state index contributed by atoms with van der Waals surface area (Å²) < 4.78 is 1.68. The first-order valence-corrected chi connectivity index (χ1v) is 9.47. The van der Waals surface area contributed by atoms with Crippen LogP contribution in [0.3, 0.4) is 0 Å². The molecule has 0 unspecified atom stereocenters. The molecule has 3 rings (SSSR count). The first-order chi connectivity index (χ1) is 12.9. The lowest BCUT2D eigenvalue weighted by molar-refractivity contribution is 0.0922. The number of amides is 1. The number of hydrogen-bond acceptors (Lipinski definition) is 2. The molecule has 2 aromatic carbocycles. The molecule has 0 bridgehead atoms. The minimum atomic E-state index is -0.150. The standard InChI is InChI=1S/C22H24ClN3O/c1-14(2)16(4)24-22(27)21-13-20(18-7-5-6-8-19(18)23)25-26(21)17-11-9-15(3)10-12-17/h5-14,16H,1-4H3,(H,24,27)/t16-/m0/s1. The van der Waals surface area contributed by atoms with Gasteiger partial charge in [-0.2, -0.15) is 5.10 Å². The lowest BCUT2D eigenvalue weighted by Gasteiger charge is -2.17. The Balaban J connectivity index is 2.08. The van der Waals surface area contributed by atoms with Crippen LogP contribution in [0.4, 0.5) is 0 Å². The van der Waals surface area contributed by atoms with Gasteiger partial charge < -0.3 is 5.32 Å². The fourth-order valence-electron chi connectivity index (χ4n) is 2.67. The third-order valence-electron chi connectivity index (χ3n) is 4.73. The number of carbonyl (C=O) groups excluding carboxylic acids is 1. The number of aromatic nitrogens is 2. The van der Waals surface area contributed by atoms with Crippen LogP contribution in [0.5, 0.6) is 0 Å². The third-order valence-corrected chi connectivity index (χ3v) is 5.06. The summed E-state index contributed by atoms with van der Waals surface area (Å²) in [5.74, 6) is 0.190. The van der Waals surface area contributed by atoms with Gasteiger partial charge in [-0.1, -0.05) is 61.3 Å². The Morgan fingerprint density at radius 3 is 2.37 bits per heavy atom. The van der Waals surface area contributed by atoms with Gasteiger partial charge in [0.05, 0.1) is 16.4 Å². The number of carbonyl (C=O) groups is 1. The summed E-state index contributed by atoms with van der Waals surface area (Å²) in [7, 11) is 0. The quantitative estimate of drug-likeness (QED) is 0.653. The number of aryl methyl sites for hydroxylation is 1. The van der Waals surface area contributed by atoms with E-state index in [1.165, 1.54) is 0 Å². The van der Waals surface area contributed by atoms with Crippen molar-refractivity contribution in [3.63, 3.8) is 0 Å². The highest BCUT2D eigenvalue weighted by atomic mass is 35.5. The van der Waals surface area contributed by atoms with Crippen molar-refractivity contribution < 1.29 is 4.79 Å². The first kappa shape index (κ1) is 19.2. The molecular weight excluding hydrogens is 358 g/mol. The van der Waals surface area contributed by atoms with Crippen molar-refractivity contribution >= 4 is 17.5 Å². The van der Waals surface area contributed by atoms with E-state index in [0.29, 0.717) is 22.3 Å². The van der Waals surface area contributed by atoms with Crippen molar-refractivity contribution in [3.8, 4) is 16.9 Å².